The first-order valence-corrected chi connectivity index (χ1v) is 10.5. The number of carboxylic acid groups (broad SMARTS) is 1. The third kappa shape index (κ3) is 4.56. The molecule has 3 rings (SSSR count). The Bertz CT molecular complexity index is 867. The molecule has 0 heterocycles. The SMILES string of the molecule is O=C(O)CCP(=O)(O)CNC(=O)OCC1c2ccccc2-c2ccccc21. The van der Waals surface area contributed by atoms with Crippen LogP contribution in [0.2, 0.25) is 0 Å². The molecular formula is C19H20NO6P. The Kier molecular flexibility index (Phi) is 5.63. The highest BCUT2D eigenvalue weighted by Gasteiger charge is 2.29. The molecule has 27 heavy (non-hydrogen) atoms. The van der Waals surface area contributed by atoms with E-state index in [0.717, 1.165) is 22.3 Å². The lowest BCUT2D eigenvalue weighted by molar-refractivity contribution is -0.136. The predicted octanol–water partition coefficient (Wildman–Crippen LogP) is 3.23. The Hall–Kier alpha value is -2.63. The van der Waals surface area contributed by atoms with Crippen molar-refractivity contribution in [2.24, 2.45) is 0 Å². The summed E-state index contributed by atoms with van der Waals surface area (Å²) in [5, 5.41) is 10.8. The highest BCUT2D eigenvalue weighted by molar-refractivity contribution is 7.57. The molecule has 0 fully saturated rings. The van der Waals surface area contributed by atoms with Crippen molar-refractivity contribution in [2.75, 3.05) is 19.1 Å². The summed E-state index contributed by atoms with van der Waals surface area (Å²) >= 11 is 0. The first kappa shape index (κ1) is 19.1. The second kappa shape index (κ2) is 7.94. The molecule has 1 unspecified atom stereocenters. The number of alkyl carbamates (subject to hydrolysis) is 1. The van der Waals surface area contributed by atoms with E-state index >= 15 is 0 Å². The van der Waals surface area contributed by atoms with Gasteiger partial charge in [-0.2, -0.15) is 0 Å². The Morgan fingerprint density at radius 3 is 2.15 bits per heavy atom. The molecule has 2 aromatic rings. The van der Waals surface area contributed by atoms with Crippen LogP contribution in [0.1, 0.15) is 23.5 Å². The largest absolute Gasteiger partial charge is 0.481 e. The number of nitrogens with one attached hydrogen (secondary N) is 1. The molecular weight excluding hydrogens is 369 g/mol. The standard InChI is InChI=1S/C19H20NO6P/c21-18(22)9-10-27(24,25)12-20-19(23)26-11-17-15-7-3-1-5-13(15)14-6-2-4-8-16(14)17/h1-8,17H,9-12H2,(H,20,23)(H,21,22)(H,24,25). The summed E-state index contributed by atoms with van der Waals surface area (Å²) in [6.45, 7) is 0.102. The van der Waals surface area contributed by atoms with Gasteiger partial charge in [-0.3, -0.25) is 9.36 Å². The minimum Gasteiger partial charge on any atom is -0.481 e. The number of ether oxygens (including phenoxy) is 1. The molecule has 0 aromatic heterocycles. The van der Waals surface area contributed by atoms with Gasteiger partial charge in [-0.05, 0) is 22.3 Å². The lowest BCUT2D eigenvalue weighted by Crippen LogP contribution is -2.27. The lowest BCUT2D eigenvalue weighted by atomic mass is 9.98. The number of carboxylic acids is 1. The quantitative estimate of drug-likeness (QED) is 0.627. The van der Waals surface area contributed by atoms with E-state index < -0.39 is 38.3 Å². The first-order valence-electron chi connectivity index (χ1n) is 8.49. The van der Waals surface area contributed by atoms with Gasteiger partial charge in [0.05, 0.1) is 12.7 Å². The number of carbonyl (C=O) groups is 2. The van der Waals surface area contributed by atoms with Crippen LogP contribution >= 0.6 is 7.37 Å². The zero-order chi connectivity index (χ0) is 19.4. The van der Waals surface area contributed by atoms with Crippen LogP contribution < -0.4 is 5.32 Å². The Morgan fingerprint density at radius 2 is 1.59 bits per heavy atom. The summed E-state index contributed by atoms with van der Waals surface area (Å²) in [6.07, 6.45) is -2.15. The van der Waals surface area contributed by atoms with Crippen LogP contribution in [-0.4, -0.2) is 41.1 Å². The average molecular weight is 389 g/mol. The molecule has 7 nitrogen and oxygen atoms in total. The smallest absolute Gasteiger partial charge is 0.407 e. The number of benzene rings is 2. The predicted molar refractivity (Wildman–Crippen MR) is 100 cm³/mol. The summed E-state index contributed by atoms with van der Waals surface area (Å²) in [5.74, 6) is -1.26. The van der Waals surface area contributed by atoms with E-state index in [4.69, 9.17) is 9.84 Å². The number of rotatable bonds is 7. The number of aliphatic carboxylic acids is 1. The van der Waals surface area contributed by atoms with Crippen LogP contribution in [-0.2, 0) is 14.1 Å². The zero-order valence-corrected chi connectivity index (χ0v) is 15.4. The van der Waals surface area contributed by atoms with Crippen LogP contribution in [0, 0.1) is 0 Å². The molecule has 1 amide bonds. The van der Waals surface area contributed by atoms with Gasteiger partial charge in [0.1, 0.15) is 6.61 Å². The maximum absolute atomic E-state index is 11.9. The van der Waals surface area contributed by atoms with E-state index in [1.807, 2.05) is 48.5 Å². The van der Waals surface area contributed by atoms with E-state index in [0.29, 0.717) is 0 Å². The van der Waals surface area contributed by atoms with Crippen molar-refractivity contribution >= 4 is 19.4 Å². The maximum Gasteiger partial charge on any atom is 0.407 e. The van der Waals surface area contributed by atoms with Gasteiger partial charge in [0.15, 0.2) is 0 Å². The number of amides is 1. The van der Waals surface area contributed by atoms with Crippen molar-refractivity contribution in [3.63, 3.8) is 0 Å². The fourth-order valence-corrected chi connectivity index (χ4v) is 4.26. The fourth-order valence-electron chi connectivity index (χ4n) is 3.19. The third-order valence-corrected chi connectivity index (χ3v) is 6.06. The molecule has 0 saturated carbocycles. The Labute approximate surface area is 156 Å². The minimum absolute atomic E-state index is 0.101. The van der Waals surface area contributed by atoms with E-state index in [1.165, 1.54) is 0 Å². The minimum atomic E-state index is -3.75. The second-order valence-electron chi connectivity index (χ2n) is 6.37. The topological polar surface area (TPSA) is 113 Å². The fraction of sp³-hybridized carbons (Fsp3) is 0.263. The summed E-state index contributed by atoms with van der Waals surface area (Å²) in [4.78, 5) is 32.1. The molecule has 1 aliphatic carbocycles. The van der Waals surface area contributed by atoms with Crippen molar-refractivity contribution in [3.05, 3.63) is 59.7 Å². The highest BCUT2D eigenvalue weighted by Crippen LogP contribution is 2.44. The van der Waals surface area contributed by atoms with Gasteiger partial charge in [-0.1, -0.05) is 48.5 Å². The van der Waals surface area contributed by atoms with Gasteiger partial charge in [0, 0.05) is 12.1 Å². The molecule has 0 radical (unpaired) electrons. The Morgan fingerprint density at radius 1 is 1.04 bits per heavy atom. The van der Waals surface area contributed by atoms with Gasteiger partial charge in [-0.25, -0.2) is 4.79 Å². The van der Waals surface area contributed by atoms with Crippen LogP contribution in [0.4, 0.5) is 4.79 Å². The van der Waals surface area contributed by atoms with Crippen LogP contribution in [0.25, 0.3) is 11.1 Å². The molecule has 2 aromatic carbocycles. The molecule has 1 atom stereocenters. The summed E-state index contributed by atoms with van der Waals surface area (Å²) in [7, 11) is -3.75. The molecule has 3 N–H and O–H groups in total. The molecule has 0 bridgehead atoms. The van der Waals surface area contributed by atoms with Crippen molar-refractivity contribution in [3.8, 4) is 11.1 Å². The molecule has 0 saturated heterocycles. The number of fused-ring (bicyclic) bond motifs is 3. The molecule has 0 aliphatic heterocycles. The van der Waals surface area contributed by atoms with Gasteiger partial charge in [0.2, 0.25) is 7.37 Å². The molecule has 0 spiro atoms. The van der Waals surface area contributed by atoms with Crippen molar-refractivity contribution in [2.45, 2.75) is 12.3 Å². The second-order valence-corrected chi connectivity index (χ2v) is 8.83. The zero-order valence-electron chi connectivity index (χ0n) is 14.5. The van der Waals surface area contributed by atoms with Gasteiger partial charge >= 0.3 is 12.1 Å². The van der Waals surface area contributed by atoms with E-state index in [1.54, 1.807) is 0 Å². The average Bonchev–Trinajstić information content (AvgIpc) is 2.97. The van der Waals surface area contributed by atoms with Crippen LogP contribution in [0.3, 0.4) is 0 Å². The van der Waals surface area contributed by atoms with Crippen molar-refractivity contribution in [1.82, 2.24) is 5.32 Å². The summed E-state index contributed by atoms with van der Waals surface area (Å²) in [5.41, 5.74) is 4.35. The molecule has 1 aliphatic rings. The molecule has 8 heteroatoms. The first-order chi connectivity index (χ1) is 12.9. The van der Waals surface area contributed by atoms with Gasteiger partial charge in [0.25, 0.3) is 0 Å². The summed E-state index contributed by atoms with van der Waals surface area (Å²) < 4.78 is 17.1. The number of hydrogen-bond donors (Lipinski definition) is 3. The maximum atomic E-state index is 11.9. The van der Waals surface area contributed by atoms with Gasteiger partial charge in [-0.15, -0.1) is 0 Å². The monoisotopic (exact) mass is 389 g/mol. The van der Waals surface area contributed by atoms with Crippen molar-refractivity contribution in [1.29, 1.82) is 0 Å². The summed E-state index contributed by atoms with van der Waals surface area (Å²) in [6, 6.07) is 15.8. The number of hydrogen-bond acceptors (Lipinski definition) is 4. The van der Waals surface area contributed by atoms with E-state index in [2.05, 4.69) is 5.32 Å². The lowest BCUT2D eigenvalue weighted by Gasteiger charge is -2.15. The number of carbonyl (C=O) groups excluding carboxylic acids is 1. The normalized spacial score (nSPS) is 14.7. The van der Waals surface area contributed by atoms with Crippen molar-refractivity contribution < 1.29 is 28.9 Å². The molecule has 142 valence electrons. The Balaban J connectivity index is 1.59. The third-order valence-electron chi connectivity index (χ3n) is 4.49. The van der Waals surface area contributed by atoms with Gasteiger partial charge < -0.3 is 20.1 Å². The highest BCUT2D eigenvalue weighted by atomic mass is 31.2. The van der Waals surface area contributed by atoms with E-state index in [9.17, 15) is 19.0 Å². The van der Waals surface area contributed by atoms with Crippen LogP contribution in [0.15, 0.2) is 48.5 Å². The van der Waals surface area contributed by atoms with Crippen LogP contribution in [0.5, 0.6) is 0 Å². The van der Waals surface area contributed by atoms with E-state index in [-0.39, 0.29) is 12.5 Å².